The van der Waals surface area contributed by atoms with Crippen molar-refractivity contribution in [3.05, 3.63) is 119 Å². The Kier molecular flexibility index (Phi) is 9.88. The predicted octanol–water partition coefficient (Wildman–Crippen LogP) is 5.80. The molecule has 2 amide bonds. The molecule has 8 nitrogen and oxygen atoms in total. The molecule has 10 heteroatoms. The fraction of sp³-hybridized carbons (Fsp3) is 0.188. The summed E-state index contributed by atoms with van der Waals surface area (Å²) < 4.78 is 34.8. The smallest absolute Gasteiger partial charge is 0.264 e. The molecule has 0 heterocycles. The number of aryl methyl sites for hydroxylation is 1. The van der Waals surface area contributed by atoms with Crippen molar-refractivity contribution >= 4 is 39.1 Å². The van der Waals surface area contributed by atoms with Crippen LogP contribution in [0, 0.1) is 6.92 Å². The van der Waals surface area contributed by atoms with Crippen LogP contribution in [0.1, 0.15) is 18.1 Å². The Bertz CT molecular complexity index is 1610. The maximum absolute atomic E-state index is 14.0. The molecule has 0 fully saturated rings. The first-order valence-corrected chi connectivity index (χ1v) is 15.1. The fourth-order valence-corrected chi connectivity index (χ4v) is 5.79. The normalized spacial score (nSPS) is 11.8. The summed E-state index contributed by atoms with van der Waals surface area (Å²) in [6.07, 6.45) is 0. The summed E-state index contributed by atoms with van der Waals surface area (Å²) in [6, 6.07) is 28.1. The molecule has 0 aliphatic carbocycles. The van der Waals surface area contributed by atoms with Crippen LogP contribution in [0.4, 0.5) is 5.69 Å². The number of hydrogen-bond acceptors (Lipinski definition) is 5. The standard InChI is InChI=1S/C32H32ClN3O5S/c1-23-9-19-30(20-10-23)42(39,40)36(27-15-17-29(18-16-27)41-28-7-5-4-6-8-28)22-31(37)35(24(2)32(38)34-3)21-25-11-13-26(33)14-12-25/h4-20,24H,21-22H2,1-3H3,(H,34,38). The summed E-state index contributed by atoms with van der Waals surface area (Å²) in [4.78, 5) is 27.9. The third-order valence-electron chi connectivity index (χ3n) is 6.67. The van der Waals surface area contributed by atoms with Gasteiger partial charge in [0, 0.05) is 18.6 Å². The van der Waals surface area contributed by atoms with Crippen molar-refractivity contribution in [2.45, 2.75) is 31.3 Å². The number of carbonyl (C=O) groups excluding carboxylic acids is 2. The number of amides is 2. The van der Waals surface area contributed by atoms with Gasteiger partial charge in [-0.15, -0.1) is 0 Å². The number of halogens is 1. The maximum atomic E-state index is 14.0. The van der Waals surface area contributed by atoms with E-state index >= 15 is 0 Å². The van der Waals surface area contributed by atoms with E-state index < -0.39 is 28.5 Å². The van der Waals surface area contributed by atoms with Crippen LogP contribution in [0.15, 0.2) is 108 Å². The summed E-state index contributed by atoms with van der Waals surface area (Å²) in [5, 5.41) is 3.10. The fourth-order valence-electron chi connectivity index (χ4n) is 4.25. The summed E-state index contributed by atoms with van der Waals surface area (Å²) >= 11 is 6.03. The van der Waals surface area contributed by atoms with E-state index in [0.717, 1.165) is 15.4 Å². The Hall–Kier alpha value is -4.34. The molecule has 0 saturated carbocycles. The van der Waals surface area contributed by atoms with Crippen molar-refractivity contribution in [1.29, 1.82) is 0 Å². The first kappa shape index (κ1) is 30.6. The molecule has 0 spiro atoms. The van der Waals surface area contributed by atoms with Gasteiger partial charge in [0.2, 0.25) is 11.8 Å². The van der Waals surface area contributed by atoms with Gasteiger partial charge >= 0.3 is 0 Å². The molecule has 218 valence electrons. The number of anilines is 1. The van der Waals surface area contributed by atoms with Crippen molar-refractivity contribution < 1.29 is 22.7 Å². The number of hydrogen-bond donors (Lipinski definition) is 1. The number of nitrogens with one attached hydrogen (secondary N) is 1. The van der Waals surface area contributed by atoms with Gasteiger partial charge in [-0.25, -0.2) is 8.42 Å². The lowest BCUT2D eigenvalue weighted by Gasteiger charge is -2.31. The molecule has 4 aromatic carbocycles. The van der Waals surface area contributed by atoms with Gasteiger partial charge in [-0.2, -0.15) is 0 Å². The molecule has 1 unspecified atom stereocenters. The van der Waals surface area contributed by atoms with E-state index in [9.17, 15) is 18.0 Å². The topological polar surface area (TPSA) is 96.0 Å². The highest BCUT2D eigenvalue weighted by Gasteiger charge is 2.32. The second kappa shape index (κ2) is 13.5. The van der Waals surface area contributed by atoms with Crippen LogP contribution in [0.25, 0.3) is 0 Å². The third-order valence-corrected chi connectivity index (χ3v) is 8.71. The van der Waals surface area contributed by atoms with E-state index in [-0.39, 0.29) is 23.0 Å². The Morgan fingerprint density at radius 1 is 0.857 bits per heavy atom. The van der Waals surface area contributed by atoms with Gasteiger partial charge in [-0.05, 0) is 80.1 Å². The molecule has 42 heavy (non-hydrogen) atoms. The average molecular weight is 606 g/mol. The summed E-state index contributed by atoms with van der Waals surface area (Å²) in [7, 11) is -2.69. The number of sulfonamides is 1. The second-order valence-electron chi connectivity index (χ2n) is 9.67. The lowest BCUT2D eigenvalue weighted by molar-refractivity contribution is -0.139. The zero-order valence-electron chi connectivity index (χ0n) is 23.5. The molecule has 1 atom stereocenters. The van der Waals surface area contributed by atoms with Crippen LogP contribution >= 0.6 is 11.6 Å². The highest BCUT2D eigenvalue weighted by Crippen LogP contribution is 2.29. The largest absolute Gasteiger partial charge is 0.457 e. The lowest BCUT2D eigenvalue weighted by Crippen LogP contribution is -2.50. The number of nitrogens with zero attached hydrogens (tertiary/aromatic N) is 2. The molecule has 0 radical (unpaired) electrons. The Labute approximate surface area is 251 Å². The minimum atomic E-state index is -4.17. The molecule has 0 saturated heterocycles. The maximum Gasteiger partial charge on any atom is 0.264 e. The predicted molar refractivity (Wildman–Crippen MR) is 164 cm³/mol. The first-order valence-electron chi connectivity index (χ1n) is 13.3. The van der Waals surface area contributed by atoms with E-state index in [4.69, 9.17) is 16.3 Å². The van der Waals surface area contributed by atoms with E-state index in [1.165, 1.54) is 24.1 Å². The SMILES string of the molecule is CNC(=O)C(C)N(Cc1ccc(Cl)cc1)C(=O)CN(c1ccc(Oc2ccccc2)cc1)S(=O)(=O)c1ccc(C)cc1. The van der Waals surface area contributed by atoms with Gasteiger partial charge in [0.15, 0.2) is 0 Å². The molecule has 0 bridgehead atoms. The van der Waals surface area contributed by atoms with Gasteiger partial charge in [0.1, 0.15) is 24.1 Å². The Morgan fingerprint density at radius 3 is 2.05 bits per heavy atom. The Morgan fingerprint density at radius 2 is 1.45 bits per heavy atom. The summed E-state index contributed by atoms with van der Waals surface area (Å²) in [6.45, 7) is 3.00. The number of carbonyl (C=O) groups is 2. The van der Waals surface area contributed by atoms with Crippen molar-refractivity contribution in [3.8, 4) is 11.5 Å². The molecule has 0 aliphatic heterocycles. The number of ether oxygens (including phenoxy) is 1. The van der Waals surface area contributed by atoms with Gasteiger partial charge < -0.3 is 15.0 Å². The van der Waals surface area contributed by atoms with E-state index in [0.29, 0.717) is 16.5 Å². The van der Waals surface area contributed by atoms with Gasteiger partial charge in [-0.1, -0.05) is 59.6 Å². The van der Waals surface area contributed by atoms with Gasteiger partial charge in [-0.3, -0.25) is 13.9 Å². The van der Waals surface area contributed by atoms with Crippen LogP contribution < -0.4 is 14.4 Å². The van der Waals surface area contributed by atoms with E-state index in [1.807, 2.05) is 37.3 Å². The van der Waals surface area contributed by atoms with E-state index in [1.54, 1.807) is 67.6 Å². The second-order valence-corrected chi connectivity index (χ2v) is 12.0. The lowest BCUT2D eigenvalue weighted by atomic mass is 10.1. The van der Waals surface area contributed by atoms with Crippen LogP contribution in [0.3, 0.4) is 0 Å². The molecular weight excluding hydrogens is 574 g/mol. The molecule has 4 aromatic rings. The highest BCUT2D eigenvalue weighted by molar-refractivity contribution is 7.92. The monoisotopic (exact) mass is 605 g/mol. The van der Waals surface area contributed by atoms with E-state index in [2.05, 4.69) is 5.32 Å². The quantitative estimate of drug-likeness (QED) is 0.233. The van der Waals surface area contributed by atoms with Crippen molar-refractivity contribution in [2.24, 2.45) is 0 Å². The highest BCUT2D eigenvalue weighted by atomic mass is 35.5. The van der Waals surface area contributed by atoms with Crippen molar-refractivity contribution in [3.63, 3.8) is 0 Å². The molecule has 1 N–H and O–H groups in total. The number of benzene rings is 4. The van der Waals surface area contributed by atoms with Crippen molar-refractivity contribution in [2.75, 3.05) is 17.9 Å². The van der Waals surface area contributed by atoms with Gasteiger partial charge in [0.25, 0.3) is 10.0 Å². The van der Waals surface area contributed by atoms with Crippen LogP contribution in [-0.2, 0) is 26.2 Å². The zero-order chi connectivity index (χ0) is 30.3. The minimum absolute atomic E-state index is 0.0362. The zero-order valence-corrected chi connectivity index (χ0v) is 25.1. The van der Waals surface area contributed by atoms with Crippen LogP contribution in [-0.4, -0.2) is 44.8 Å². The van der Waals surface area contributed by atoms with Crippen LogP contribution in [0.5, 0.6) is 11.5 Å². The van der Waals surface area contributed by atoms with Crippen molar-refractivity contribution in [1.82, 2.24) is 10.2 Å². The molecule has 0 aliphatic rings. The molecule has 4 rings (SSSR count). The average Bonchev–Trinajstić information content (AvgIpc) is 3.00. The number of likely N-dealkylation sites (N-methyl/N-ethyl adjacent to an activating group) is 1. The summed E-state index contributed by atoms with van der Waals surface area (Å²) in [5.41, 5.74) is 1.90. The summed E-state index contributed by atoms with van der Waals surface area (Å²) in [5.74, 6) is 0.196. The molecule has 0 aromatic heterocycles. The first-order chi connectivity index (χ1) is 20.1. The van der Waals surface area contributed by atoms with Crippen LogP contribution in [0.2, 0.25) is 5.02 Å². The Balaban J connectivity index is 1.69. The number of rotatable bonds is 11. The minimum Gasteiger partial charge on any atom is -0.457 e. The molecular formula is C32H32ClN3O5S. The third kappa shape index (κ3) is 7.48. The van der Waals surface area contributed by atoms with Gasteiger partial charge in [0.05, 0.1) is 10.6 Å². The number of para-hydroxylation sites is 1.